The van der Waals surface area contributed by atoms with Crippen LogP contribution in [-0.4, -0.2) is 10.2 Å². The molecular formula is C25H20ClNO2S2. The van der Waals surface area contributed by atoms with E-state index in [-0.39, 0.29) is 5.91 Å². The smallest absolute Gasteiger partial charge is 0.270 e. The van der Waals surface area contributed by atoms with Crippen molar-refractivity contribution in [3.8, 4) is 5.75 Å². The Morgan fingerprint density at radius 2 is 1.68 bits per heavy atom. The largest absolute Gasteiger partial charge is 0.489 e. The normalized spacial score (nSPS) is 15.0. The maximum atomic E-state index is 13.1. The average Bonchev–Trinajstić information content (AvgIpc) is 3.06. The Bertz CT molecular complexity index is 1160. The number of hydrogen-bond acceptors (Lipinski definition) is 4. The number of halogens is 1. The highest BCUT2D eigenvalue weighted by molar-refractivity contribution is 8.27. The van der Waals surface area contributed by atoms with Crippen molar-refractivity contribution in [2.24, 2.45) is 0 Å². The maximum absolute atomic E-state index is 13.1. The molecule has 1 fully saturated rings. The van der Waals surface area contributed by atoms with Crippen molar-refractivity contribution in [1.82, 2.24) is 0 Å². The van der Waals surface area contributed by atoms with Crippen LogP contribution < -0.4 is 9.64 Å². The molecule has 1 aliphatic rings. The number of thiocarbonyl (C=S) groups is 1. The van der Waals surface area contributed by atoms with Gasteiger partial charge in [-0.1, -0.05) is 91.0 Å². The van der Waals surface area contributed by atoms with Gasteiger partial charge in [-0.2, -0.15) is 0 Å². The van der Waals surface area contributed by atoms with Gasteiger partial charge in [-0.15, -0.1) is 0 Å². The summed E-state index contributed by atoms with van der Waals surface area (Å²) in [5.41, 5.74) is 3.80. The van der Waals surface area contributed by atoms with Gasteiger partial charge in [0.05, 0.1) is 10.6 Å². The molecule has 0 bridgehead atoms. The highest BCUT2D eigenvalue weighted by atomic mass is 35.5. The first kappa shape index (κ1) is 21.6. The summed E-state index contributed by atoms with van der Waals surface area (Å²) in [6.07, 6.45) is 2.70. The molecule has 1 saturated heterocycles. The van der Waals surface area contributed by atoms with Crippen LogP contribution in [0.25, 0.3) is 6.08 Å². The second-order valence-corrected chi connectivity index (χ2v) is 9.03. The van der Waals surface area contributed by atoms with Crippen LogP contribution in [0, 0.1) is 0 Å². The summed E-state index contributed by atoms with van der Waals surface area (Å²) >= 11 is 13.0. The van der Waals surface area contributed by atoms with Gasteiger partial charge in [0.1, 0.15) is 12.4 Å². The third kappa shape index (κ3) is 4.85. The molecule has 3 aromatic rings. The number of carbonyl (C=O) groups excluding carboxylic acids is 1. The lowest BCUT2D eigenvalue weighted by molar-refractivity contribution is -0.113. The minimum atomic E-state index is -0.0880. The number of aryl methyl sites for hydroxylation is 1. The molecule has 4 rings (SSSR count). The van der Waals surface area contributed by atoms with Gasteiger partial charge in [0.15, 0.2) is 4.32 Å². The van der Waals surface area contributed by atoms with E-state index in [0.717, 1.165) is 34.5 Å². The molecule has 1 heterocycles. The maximum Gasteiger partial charge on any atom is 0.270 e. The van der Waals surface area contributed by atoms with E-state index in [9.17, 15) is 4.79 Å². The summed E-state index contributed by atoms with van der Waals surface area (Å²) in [5, 5.41) is 0.686. The SMILES string of the molecule is CCc1ccccc1N1C(=O)C(=Cc2ccc(OCc3ccccc3Cl)cc2)SC1=S. The highest BCUT2D eigenvalue weighted by Crippen LogP contribution is 2.37. The van der Waals surface area contributed by atoms with Crippen LogP contribution in [0.2, 0.25) is 5.02 Å². The highest BCUT2D eigenvalue weighted by Gasteiger charge is 2.34. The minimum absolute atomic E-state index is 0.0880. The first-order valence-corrected chi connectivity index (χ1v) is 11.5. The van der Waals surface area contributed by atoms with Crippen molar-refractivity contribution in [2.75, 3.05) is 4.90 Å². The fraction of sp³-hybridized carbons (Fsp3) is 0.120. The Labute approximate surface area is 196 Å². The monoisotopic (exact) mass is 465 g/mol. The lowest BCUT2D eigenvalue weighted by atomic mass is 10.1. The van der Waals surface area contributed by atoms with E-state index in [0.29, 0.717) is 20.9 Å². The second kappa shape index (κ2) is 9.69. The fourth-order valence-corrected chi connectivity index (χ4v) is 4.77. The lowest BCUT2D eigenvalue weighted by Gasteiger charge is -2.18. The van der Waals surface area contributed by atoms with Gasteiger partial charge in [0.2, 0.25) is 0 Å². The molecule has 0 N–H and O–H groups in total. The van der Waals surface area contributed by atoms with Crippen LogP contribution in [-0.2, 0) is 17.8 Å². The summed E-state index contributed by atoms with van der Waals surface area (Å²) in [6, 6.07) is 23.1. The van der Waals surface area contributed by atoms with Gasteiger partial charge in [-0.25, -0.2) is 0 Å². The number of thioether (sulfide) groups is 1. The average molecular weight is 466 g/mol. The van der Waals surface area contributed by atoms with Crippen LogP contribution >= 0.6 is 35.6 Å². The molecule has 156 valence electrons. The number of carbonyl (C=O) groups is 1. The zero-order chi connectivity index (χ0) is 21.8. The van der Waals surface area contributed by atoms with E-state index < -0.39 is 0 Å². The fourth-order valence-electron chi connectivity index (χ4n) is 3.29. The summed E-state index contributed by atoms with van der Waals surface area (Å²) < 4.78 is 6.38. The van der Waals surface area contributed by atoms with Crippen molar-refractivity contribution >= 4 is 57.6 Å². The van der Waals surface area contributed by atoms with Crippen molar-refractivity contribution in [3.05, 3.63) is 99.4 Å². The molecule has 6 heteroatoms. The molecule has 0 unspecified atom stereocenters. The zero-order valence-electron chi connectivity index (χ0n) is 16.9. The van der Waals surface area contributed by atoms with E-state index >= 15 is 0 Å². The molecule has 0 saturated carbocycles. The Morgan fingerprint density at radius 3 is 2.39 bits per heavy atom. The Balaban J connectivity index is 1.48. The van der Waals surface area contributed by atoms with E-state index in [4.69, 9.17) is 28.6 Å². The standard InChI is InChI=1S/C25H20ClNO2S2/c1-2-18-7-4-6-10-22(18)27-24(28)23(31-25(27)30)15-17-11-13-20(14-12-17)29-16-19-8-3-5-9-21(19)26/h3-15H,2,16H2,1H3. The number of rotatable bonds is 6. The van der Waals surface area contributed by atoms with Gasteiger partial charge < -0.3 is 4.74 Å². The predicted molar refractivity (Wildman–Crippen MR) is 134 cm³/mol. The zero-order valence-corrected chi connectivity index (χ0v) is 19.3. The summed E-state index contributed by atoms with van der Waals surface area (Å²) in [7, 11) is 0. The third-order valence-corrected chi connectivity index (χ3v) is 6.61. The number of ether oxygens (including phenoxy) is 1. The molecule has 0 spiro atoms. The predicted octanol–water partition coefficient (Wildman–Crippen LogP) is 6.89. The second-order valence-electron chi connectivity index (χ2n) is 6.95. The molecular weight excluding hydrogens is 446 g/mol. The van der Waals surface area contributed by atoms with Crippen LogP contribution in [0.3, 0.4) is 0 Å². The molecule has 0 radical (unpaired) electrons. The minimum Gasteiger partial charge on any atom is -0.489 e. The molecule has 0 atom stereocenters. The lowest BCUT2D eigenvalue weighted by Crippen LogP contribution is -2.28. The van der Waals surface area contributed by atoms with E-state index in [2.05, 4.69) is 6.92 Å². The molecule has 1 aliphatic heterocycles. The molecule has 0 aromatic heterocycles. The van der Waals surface area contributed by atoms with Crippen molar-refractivity contribution in [2.45, 2.75) is 20.0 Å². The van der Waals surface area contributed by atoms with E-state index in [1.165, 1.54) is 11.8 Å². The molecule has 1 amide bonds. The summed E-state index contributed by atoms with van der Waals surface area (Å²) in [5.74, 6) is 0.649. The number of nitrogens with zero attached hydrogens (tertiary/aromatic N) is 1. The van der Waals surface area contributed by atoms with Gasteiger partial charge >= 0.3 is 0 Å². The Kier molecular flexibility index (Phi) is 6.76. The van der Waals surface area contributed by atoms with Crippen molar-refractivity contribution in [3.63, 3.8) is 0 Å². The molecule has 3 aromatic carbocycles. The molecule has 31 heavy (non-hydrogen) atoms. The number of anilines is 1. The van der Waals surface area contributed by atoms with Crippen LogP contribution in [0.15, 0.2) is 77.7 Å². The topological polar surface area (TPSA) is 29.5 Å². The van der Waals surface area contributed by atoms with Crippen molar-refractivity contribution < 1.29 is 9.53 Å². The van der Waals surface area contributed by atoms with Crippen LogP contribution in [0.4, 0.5) is 5.69 Å². The Morgan fingerprint density at radius 1 is 1.00 bits per heavy atom. The quantitative estimate of drug-likeness (QED) is 0.293. The number of amides is 1. The first-order chi connectivity index (χ1) is 15.1. The van der Waals surface area contributed by atoms with Gasteiger partial charge in [0, 0.05) is 10.6 Å². The van der Waals surface area contributed by atoms with E-state index in [1.807, 2.05) is 78.9 Å². The molecule has 3 nitrogen and oxygen atoms in total. The Hall–Kier alpha value is -2.60. The summed E-state index contributed by atoms with van der Waals surface area (Å²) in [6.45, 7) is 2.47. The van der Waals surface area contributed by atoms with Crippen molar-refractivity contribution in [1.29, 1.82) is 0 Å². The van der Waals surface area contributed by atoms with Crippen LogP contribution in [0.1, 0.15) is 23.6 Å². The van der Waals surface area contributed by atoms with Gasteiger partial charge in [-0.3, -0.25) is 9.69 Å². The number of para-hydroxylation sites is 1. The number of benzene rings is 3. The third-order valence-electron chi connectivity index (χ3n) is 4.94. The van der Waals surface area contributed by atoms with Gasteiger partial charge in [0.25, 0.3) is 5.91 Å². The number of hydrogen-bond donors (Lipinski definition) is 0. The van der Waals surface area contributed by atoms with Crippen LogP contribution in [0.5, 0.6) is 5.75 Å². The molecule has 0 aliphatic carbocycles. The first-order valence-electron chi connectivity index (χ1n) is 9.89. The summed E-state index contributed by atoms with van der Waals surface area (Å²) in [4.78, 5) is 15.3. The van der Waals surface area contributed by atoms with Gasteiger partial charge in [-0.05, 0) is 47.9 Å². The van der Waals surface area contributed by atoms with E-state index in [1.54, 1.807) is 4.90 Å².